The zero-order valence-electron chi connectivity index (χ0n) is 15.3. The number of hydrogen-bond donors (Lipinski definition) is 0. The van der Waals surface area contributed by atoms with E-state index < -0.39 is 6.04 Å². The Morgan fingerprint density at radius 3 is 2.21 bits per heavy atom. The summed E-state index contributed by atoms with van der Waals surface area (Å²) in [6.45, 7) is 0. The van der Waals surface area contributed by atoms with Crippen LogP contribution in [-0.2, 0) is 6.42 Å². The molecule has 1 atom stereocenters. The zero-order chi connectivity index (χ0) is 20.2. The molecule has 0 aliphatic carbocycles. The second-order valence-corrected chi connectivity index (χ2v) is 9.00. The molecule has 0 fully saturated rings. The van der Waals surface area contributed by atoms with Gasteiger partial charge in [0.15, 0.2) is 0 Å². The molecule has 1 heterocycles. The van der Waals surface area contributed by atoms with E-state index in [1.807, 2.05) is 72.8 Å². The number of aliphatic imine (C=N–C) groups is 1. The Kier molecular flexibility index (Phi) is 5.84. The SMILES string of the molecule is N#CC(Cc1ccc2cc(Br)sc2c1F)N=C(c1ccccc1)c1ccccc1. The molecule has 0 saturated carbocycles. The third kappa shape index (κ3) is 4.29. The second-order valence-electron chi connectivity index (χ2n) is 6.57. The Morgan fingerprint density at radius 2 is 1.62 bits per heavy atom. The number of nitriles is 1. The lowest BCUT2D eigenvalue weighted by molar-refractivity contribution is 0.617. The topological polar surface area (TPSA) is 36.1 Å². The van der Waals surface area contributed by atoms with Crippen LogP contribution in [0.4, 0.5) is 4.39 Å². The average molecular weight is 463 g/mol. The van der Waals surface area contributed by atoms with Crippen LogP contribution in [0, 0.1) is 17.1 Å². The van der Waals surface area contributed by atoms with E-state index in [2.05, 4.69) is 22.0 Å². The lowest BCUT2D eigenvalue weighted by Crippen LogP contribution is -2.13. The van der Waals surface area contributed by atoms with Crippen molar-refractivity contribution in [1.29, 1.82) is 5.26 Å². The van der Waals surface area contributed by atoms with Gasteiger partial charge in [-0.3, -0.25) is 4.99 Å². The quantitative estimate of drug-likeness (QED) is 0.301. The van der Waals surface area contributed by atoms with Crippen molar-refractivity contribution in [3.63, 3.8) is 0 Å². The van der Waals surface area contributed by atoms with Crippen LogP contribution in [0.3, 0.4) is 0 Å². The molecule has 0 radical (unpaired) electrons. The fourth-order valence-corrected chi connectivity index (χ4v) is 4.81. The van der Waals surface area contributed by atoms with E-state index in [9.17, 15) is 9.65 Å². The van der Waals surface area contributed by atoms with E-state index in [0.29, 0.717) is 10.3 Å². The summed E-state index contributed by atoms with van der Waals surface area (Å²) in [6, 6.07) is 26.6. The normalized spacial score (nSPS) is 11.8. The van der Waals surface area contributed by atoms with Gasteiger partial charge in [-0.05, 0) is 32.9 Å². The van der Waals surface area contributed by atoms with E-state index in [1.54, 1.807) is 6.07 Å². The van der Waals surface area contributed by atoms with Crippen molar-refractivity contribution in [3.8, 4) is 6.07 Å². The first-order valence-electron chi connectivity index (χ1n) is 9.10. The van der Waals surface area contributed by atoms with Gasteiger partial charge in [-0.15, -0.1) is 11.3 Å². The Morgan fingerprint density at radius 1 is 1.00 bits per heavy atom. The largest absolute Gasteiger partial charge is 0.265 e. The molecule has 0 N–H and O–H groups in total. The molecule has 4 rings (SSSR count). The second kappa shape index (κ2) is 8.69. The Labute approximate surface area is 181 Å². The predicted octanol–water partition coefficient (Wildman–Crippen LogP) is 6.78. The van der Waals surface area contributed by atoms with Crippen molar-refractivity contribution in [2.24, 2.45) is 4.99 Å². The smallest absolute Gasteiger partial charge is 0.144 e. The Hall–Kier alpha value is -2.81. The summed E-state index contributed by atoms with van der Waals surface area (Å²) in [6.07, 6.45) is 0.219. The highest BCUT2D eigenvalue weighted by Crippen LogP contribution is 2.33. The fraction of sp³-hybridized carbons (Fsp3) is 0.0833. The van der Waals surface area contributed by atoms with Crippen molar-refractivity contribution in [1.82, 2.24) is 0 Å². The standard InChI is InChI=1S/C24H16BrFN2S/c25-21-14-19-12-11-18(22(26)24(19)29-21)13-20(15-27)28-23(16-7-3-1-4-8-16)17-9-5-2-6-10-17/h1-12,14,20H,13H2. The van der Waals surface area contributed by atoms with Crippen molar-refractivity contribution in [3.05, 3.63) is 105 Å². The van der Waals surface area contributed by atoms with Gasteiger partial charge in [0.25, 0.3) is 0 Å². The van der Waals surface area contributed by atoms with E-state index in [1.165, 1.54) is 11.3 Å². The van der Waals surface area contributed by atoms with Crippen LogP contribution in [-0.4, -0.2) is 11.8 Å². The molecule has 0 amide bonds. The molecule has 1 unspecified atom stereocenters. The first kappa shape index (κ1) is 19.5. The zero-order valence-corrected chi connectivity index (χ0v) is 17.8. The van der Waals surface area contributed by atoms with Gasteiger partial charge >= 0.3 is 0 Å². The van der Waals surface area contributed by atoms with Crippen LogP contribution in [0.5, 0.6) is 0 Å². The summed E-state index contributed by atoms with van der Waals surface area (Å²) in [5, 5.41) is 10.6. The Bertz CT molecular complexity index is 1170. The van der Waals surface area contributed by atoms with E-state index in [4.69, 9.17) is 4.99 Å². The van der Waals surface area contributed by atoms with Crippen molar-refractivity contribution < 1.29 is 4.39 Å². The fourth-order valence-electron chi connectivity index (χ4n) is 3.23. The summed E-state index contributed by atoms with van der Waals surface area (Å²) < 4.78 is 16.5. The number of nitrogens with zero attached hydrogens (tertiary/aromatic N) is 2. The molecule has 5 heteroatoms. The summed E-state index contributed by atoms with van der Waals surface area (Å²) in [5.74, 6) is -0.269. The molecule has 29 heavy (non-hydrogen) atoms. The lowest BCUT2D eigenvalue weighted by Gasteiger charge is -2.12. The third-order valence-corrected chi connectivity index (χ3v) is 6.26. The van der Waals surface area contributed by atoms with Crippen molar-refractivity contribution >= 4 is 43.1 Å². The number of hydrogen-bond acceptors (Lipinski definition) is 3. The van der Waals surface area contributed by atoms with Gasteiger partial charge in [-0.1, -0.05) is 72.8 Å². The molecule has 0 saturated heterocycles. The number of thiophene rings is 1. The number of fused-ring (bicyclic) bond motifs is 1. The highest BCUT2D eigenvalue weighted by Gasteiger charge is 2.17. The molecule has 0 spiro atoms. The summed E-state index contributed by atoms with van der Waals surface area (Å²) in [7, 11) is 0. The van der Waals surface area contributed by atoms with Crippen LogP contribution < -0.4 is 0 Å². The Balaban J connectivity index is 1.73. The lowest BCUT2D eigenvalue weighted by atomic mass is 10.0. The maximum atomic E-state index is 15.0. The molecule has 3 aromatic carbocycles. The minimum Gasteiger partial charge on any atom is -0.265 e. The predicted molar refractivity (Wildman–Crippen MR) is 121 cm³/mol. The van der Waals surface area contributed by atoms with Gasteiger partial charge in [-0.2, -0.15) is 5.26 Å². The molecule has 0 aliphatic rings. The molecular formula is C24H16BrFN2S. The van der Waals surface area contributed by atoms with Crippen LogP contribution in [0.25, 0.3) is 10.1 Å². The highest BCUT2D eigenvalue weighted by atomic mass is 79.9. The summed E-state index contributed by atoms with van der Waals surface area (Å²) >= 11 is 4.77. The highest BCUT2D eigenvalue weighted by molar-refractivity contribution is 9.11. The maximum Gasteiger partial charge on any atom is 0.144 e. The van der Waals surface area contributed by atoms with Gasteiger partial charge in [-0.25, -0.2) is 4.39 Å². The minimum atomic E-state index is -0.694. The number of halogens is 2. The monoisotopic (exact) mass is 462 g/mol. The molecule has 1 aromatic heterocycles. The summed E-state index contributed by atoms with van der Waals surface area (Å²) in [5.41, 5.74) is 3.09. The molecular weight excluding hydrogens is 447 g/mol. The van der Waals surface area contributed by atoms with Gasteiger partial charge in [0, 0.05) is 17.5 Å². The first-order valence-corrected chi connectivity index (χ1v) is 10.7. The van der Waals surface area contributed by atoms with Crippen molar-refractivity contribution in [2.45, 2.75) is 12.5 Å². The molecule has 0 bridgehead atoms. The van der Waals surface area contributed by atoms with Crippen molar-refractivity contribution in [2.75, 3.05) is 0 Å². The van der Waals surface area contributed by atoms with Crippen LogP contribution in [0.1, 0.15) is 16.7 Å². The van der Waals surface area contributed by atoms with E-state index in [0.717, 1.165) is 26.0 Å². The van der Waals surface area contributed by atoms with Gasteiger partial charge in [0.1, 0.15) is 11.9 Å². The van der Waals surface area contributed by atoms with Gasteiger partial charge in [0.05, 0.1) is 20.3 Å². The van der Waals surface area contributed by atoms with E-state index >= 15 is 0 Å². The molecule has 4 aromatic rings. The molecule has 0 aliphatic heterocycles. The first-order chi connectivity index (χ1) is 14.2. The van der Waals surface area contributed by atoms with Crippen LogP contribution in [0.2, 0.25) is 0 Å². The average Bonchev–Trinajstić information content (AvgIpc) is 3.15. The number of benzene rings is 3. The van der Waals surface area contributed by atoms with Crippen LogP contribution >= 0.6 is 27.3 Å². The number of rotatable bonds is 5. The van der Waals surface area contributed by atoms with Crippen LogP contribution in [0.15, 0.2) is 87.6 Å². The van der Waals surface area contributed by atoms with Gasteiger partial charge < -0.3 is 0 Å². The molecule has 2 nitrogen and oxygen atoms in total. The third-order valence-electron chi connectivity index (χ3n) is 4.62. The van der Waals surface area contributed by atoms with E-state index in [-0.39, 0.29) is 12.2 Å². The maximum absolute atomic E-state index is 15.0. The van der Waals surface area contributed by atoms with Gasteiger partial charge in [0.2, 0.25) is 0 Å². The minimum absolute atomic E-state index is 0.219. The molecule has 142 valence electrons. The summed E-state index contributed by atoms with van der Waals surface area (Å²) in [4.78, 5) is 4.74.